The van der Waals surface area contributed by atoms with Crippen molar-refractivity contribution in [1.82, 2.24) is 10.2 Å². The Bertz CT molecular complexity index is 797. The summed E-state index contributed by atoms with van der Waals surface area (Å²) in [6, 6.07) is 7.11. The van der Waals surface area contributed by atoms with Crippen LogP contribution in [0.5, 0.6) is 0 Å². The number of benzene rings is 1. The van der Waals surface area contributed by atoms with E-state index < -0.39 is 45.2 Å². The SMILES string of the molecule is Cc1ccccc1NC(=O)CN1C(=O)S[C@H]([C@H]2SC(=O)NC2=O)C1=O. The Labute approximate surface area is 151 Å². The average molecular weight is 379 g/mol. The van der Waals surface area contributed by atoms with E-state index in [0.717, 1.165) is 10.5 Å². The second-order valence-corrected chi connectivity index (χ2v) is 7.61. The molecule has 10 heteroatoms. The van der Waals surface area contributed by atoms with Gasteiger partial charge in [0.25, 0.3) is 10.5 Å². The molecule has 2 heterocycles. The Morgan fingerprint density at radius 1 is 1.16 bits per heavy atom. The Kier molecular flexibility index (Phi) is 4.82. The monoisotopic (exact) mass is 379 g/mol. The number of carbonyl (C=O) groups excluding carboxylic acids is 5. The summed E-state index contributed by atoms with van der Waals surface area (Å²) < 4.78 is 0. The molecule has 2 N–H and O–H groups in total. The number of nitrogens with zero attached hydrogens (tertiary/aromatic N) is 1. The first kappa shape index (κ1) is 17.5. The highest BCUT2D eigenvalue weighted by atomic mass is 32.2. The second-order valence-electron chi connectivity index (χ2n) is 5.41. The fourth-order valence-corrected chi connectivity index (χ4v) is 4.52. The molecule has 1 aromatic rings. The highest BCUT2D eigenvalue weighted by molar-refractivity contribution is 8.19. The lowest BCUT2D eigenvalue weighted by Gasteiger charge is -2.15. The van der Waals surface area contributed by atoms with Crippen LogP contribution in [-0.4, -0.2) is 50.1 Å². The fraction of sp³-hybridized carbons (Fsp3) is 0.267. The van der Waals surface area contributed by atoms with Gasteiger partial charge in [-0.15, -0.1) is 0 Å². The number of carbonyl (C=O) groups is 5. The molecule has 130 valence electrons. The molecule has 25 heavy (non-hydrogen) atoms. The van der Waals surface area contributed by atoms with Crippen molar-refractivity contribution in [2.45, 2.75) is 17.4 Å². The predicted molar refractivity (Wildman–Crippen MR) is 93.2 cm³/mol. The molecular formula is C15H13N3O5S2. The van der Waals surface area contributed by atoms with E-state index in [0.29, 0.717) is 29.2 Å². The van der Waals surface area contributed by atoms with E-state index in [1.165, 1.54) is 0 Å². The fourth-order valence-electron chi connectivity index (χ4n) is 2.42. The van der Waals surface area contributed by atoms with Crippen LogP contribution in [0.1, 0.15) is 5.56 Å². The Hall–Kier alpha value is -2.33. The third-order valence-electron chi connectivity index (χ3n) is 3.67. The maximum absolute atomic E-state index is 12.4. The van der Waals surface area contributed by atoms with Gasteiger partial charge in [0, 0.05) is 5.69 Å². The number of hydrogen-bond donors (Lipinski definition) is 2. The van der Waals surface area contributed by atoms with Crippen LogP contribution in [0, 0.1) is 6.92 Å². The molecule has 2 aliphatic rings. The number of rotatable bonds is 4. The minimum absolute atomic E-state index is 0.442. The lowest BCUT2D eigenvalue weighted by Crippen LogP contribution is -2.42. The summed E-state index contributed by atoms with van der Waals surface area (Å²) in [7, 11) is 0. The van der Waals surface area contributed by atoms with Gasteiger partial charge < -0.3 is 5.32 Å². The van der Waals surface area contributed by atoms with E-state index in [9.17, 15) is 24.0 Å². The van der Waals surface area contributed by atoms with Gasteiger partial charge in [-0.1, -0.05) is 18.2 Å². The van der Waals surface area contributed by atoms with Crippen molar-refractivity contribution < 1.29 is 24.0 Å². The van der Waals surface area contributed by atoms with Crippen molar-refractivity contribution in [3.8, 4) is 0 Å². The van der Waals surface area contributed by atoms with Gasteiger partial charge in [0.05, 0.1) is 0 Å². The molecule has 0 spiro atoms. The van der Waals surface area contributed by atoms with Crippen molar-refractivity contribution in [2.24, 2.45) is 0 Å². The third-order valence-corrected chi connectivity index (χ3v) is 6.05. The topological polar surface area (TPSA) is 113 Å². The first-order valence-corrected chi connectivity index (χ1v) is 9.01. The second kappa shape index (κ2) is 6.89. The van der Waals surface area contributed by atoms with Gasteiger partial charge in [-0.2, -0.15) is 0 Å². The number of hydrogen-bond acceptors (Lipinski definition) is 7. The average Bonchev–Trinajstić information content (AvgIpc) is 3.02. The molecule has 0 aliphatic carbocycles. The summed E-state index contributed by atoms with van der Waals surface area (Å²) in [6.45, 7) is 1.38. The Morgan fingerprint density at radius 3 is 2.52 bits per heavy atom. The number of nitrogens with one attached hydrogen (secondary N) is 2. The van der Waals surface area contributed by atoms with E-state index in [2.05, 4.69) is 10.6 Å². The maximum Gasteiger partial charge on any atom is 0.289 e. The van der Waals surface area contributed by atoms with Crippen molar-refractivity contribution >= 4 is 57.4 Å². The number of para-hydroxylation sites is 1. The predicted octanol–water partition coefficient (Wildman–Crippen LogP) is 1.35. The Balaban J connectivity index is 1.67. The summed E-state index contributed by atoms with van der Waals surface area (Å²) >= 11 is 1.34. The summed E-state index contributed by atoms with van der Waals surface area (Å²) in [4.78, 5) is 60.4. The molecule has 0 bridgehead atoms. The van der Waals surface area contributed by atoms with Crippen LogP contribution in [0.4, 0.5) is 15.3 Å². The van der Waals surface area contributed by atoms with Crippen LogP contribution < -0.4 is 10.6 Å². The van der Waals surface area contributed by atoms with E-state index >= 15 is 0 Å². The molecule has 8 nitrogen and oxygen atoms in total. The minimum atomic E-state index is -1.00. The molecular weight excluding hydrogens is 366 g/mol. The van der Waals surface area contributed by atoms with Gasteiger partial charge in [0.1, 0.15) is 17.0 Å². The minimum Gasteiger partial charge on any atom is -0.324 e. The lowest BCUT2D eigenvalue weighted by atomic mass is 10.2. The summed E-state index contributed by atoms with van der Waals surface area (Å²) in [5, 5.41) is 1.61. The van der Waals surface area contributed by atoms with Gasteiger partial charge in [-0.25, -0.2) is 0 Å². The third kappa shape index (κ3) is 3.54. The van der Waals surface area contributed by atoms with E-state index in [4.69, 9.17) is 0 Å². The lowest BCUT2D eigenvalue weighted by molar-refractivity contribution is -0.131. The summed E-state index contributed by atoms with van der Waals surface area (Å²) in [5.74, 6) is -1.76. The molecule has 5 amide bonds. The highest BCUT2D eigenvalue weighted by Gasteiger charge is 2.50. The zero-order chi connectivity index (χ0) is 18.1. The van der Waals surface area contributed by atoms with E-state index in [1.54, 1.807) is 12.1 Å². The van der Waals surface area contributed by atoms with Gasteiger partial charge >= 0.3 is 0 Å². The number of thioether (sulfide) groups is 2. The van der Waals surface area contributed by atoms with Crippen LogP contribution in [-0.2, 0) is 14.4 Å². The van der Waals surface area contributed by atoms with Crippen LogP contribution in [0.15, 0.2) is 24.3 Å². The quantitative estimate of drug-likeness (QED) is 0.812. The van der Waals surface area contributed by atoms with Gasteiger partial charge in [-0.05, 0) is 42.1 Å². The number of amides is 5. The van der Waals surface area contributed by atoms with Crippen LogP contribution in [0.2, 0.25) is 0 Å². The molecule has 1 aromatic carbocycles. The first-order valence-electron chi connectivity index (χ1n) is 7.26. The standard InChI is InChI=1S/C15H13N3O5S2/c1-7-4-2-3-5-8(7)16-9(19)6-18-13(21)11(25-15(18)23)10-12(20)17-14(22)24-10/h2-5,10-11H,6H2,1H3,(H,16,19)(H,17,20,22)/t10-,11-/m1/s1. The van der Waals surface area contributed by atoms with Crippen LogP contribution in [0.3, 0.4) is 0 Å². The molecule has 2 saturated heterocycles. The van der Waals surface area contributed by atoms with Crippen LogP contribution in [0.25, 0.3) is 0 Å². The van der Waals surface area contributed by atoms with E-state index in [1.807, 2.05) is 19.1 Å². The molecule has 0 saturated carbocycles. The molecule has 0 aromatic heterocycles. The van der Waals surface area contributed by atoms with Gasteiger partial charge in [0.2, 0.25) is 17.7 Å². The summed E-state index contributed by atoms with van der Waals surface area (Å²) in [6.07, 6.45) is 0. The highest BCUT2D eigenvalue weighted by Crippen LogP contribution is 2.36. The number of imide groups is 2. The molecule has 0 radical (unpaired) electrons. The zero-order valence-corrected chi connectivity index (χ0v) is 14.6. The van der Waals surface area contributed by atoms with Crippen molar-refractivity contribution in [1.29, 1.82) is 0 Å². The van der Waals surface area contributed by atoms with E-state index in [-0.39, 0.29) is 0 Å². The molecule has 0 unspecified atom stereocenters. The first-order chi connectivity index (χ1) is 11.9. The van der Waals surface area contributed by atoms with Crippen molar-refractivity contribution in [2.75, 3.05) is 11.9 Å². The number of anilines is 1. The molecule has 2 aliphatic heterocycles. The van der Waals surface area contributed by atoms with Crippen molar-refractivity contribution in [3.63, 3.8) is 0 Å². The van der Waals surface area contributed by atoms with Crippen LogP contribution >= 0.6 is 23.5 Å². The van der Waals surface area contributed by atoms with Gasteiger partial charge in [-0.3, -0.25) is 34.2 Å². The maximum atomic E-state index is 12.4. The molecule has 3 rings (SSSR count). The smallest absolute Gasteiger partial charge is 0.289 e. The van der Waals surface area contributed by atoms with Gasteiger partial charge in [0.15, 0.2) is 0 Å². The normalized spacial score (nSPS) is 23.2. The Morgan fingerprint density at radius 2 is 1.88 bits per heavy atom. The largest absolute Gasteiger partial charge is 0.324 e. The van der Waals surface area contributed by atoms with Crippen molar-refractivity contribution in [3.05, 3.63) is 29.8 Å². The number of aryl methyl sites for hydroxylation is 1. The molecule has 2 fully saturated rings. The summed E-state index contributed by atoms with van der Waals surface area (Å²) in [5.41, 5.74) is 1.44. The molecule has 2 atom stereocenters. The zero-order valence-electron chi connectivity index (χ0n) is 13.0.